The third-order valence-corrected chi connectivity index (χ3v) is 21.7. The molecule has 0 radical (unpaired) electrons. The topological polar surface area (TPSA) is 171 Å². The van der Waals surface area contributed by atoms with Gasteiger partial charge in [-0.25, -0.2) is 29.9 Å². The predicted octanol–water partition coefficient (Wildman–Crippen LogP) is 18.0. The van der Waals surface area contributed by atoms with E-state index in [4.69, 9.17) is 54.8 Å². The van der Waals surface area contributed by atoms with Crippen molar-refractivity contribution in [3.8, 4) is 68.3 Å². The van der Waals surface area contributed by atoms with Gasteiger partial charge in [-0.1, -0.05) is 280 Å². The SMILES string of the molecule is CC1=CC(N(Pc2ccc([P+]3(O)N(c4nc(-c5ccccc5)nc(-c5ccccc5)n4)c4ccccc4N3c3nc(-c4ccccc4)nc(-c4ccccc4)n3)cc2)c2ccccc2C(C)c2nc(-c3ccccc3)nc(-c3ccccc3)n2)=NC(c2ccccc2)=NC1c1ccccc1. The smallest absolute Gasteiger partial charge is 0.303 e. The Morgan fingerprint density at radius 1 is 0.390 bits per heavy atom. The summed E-state index contributed by atoms with van der Waals surface area (Å²) in [4.78, 5) is 73.3. The monoisotopic (exact) mass is 1330 g/mol. The number of hydrogen-bond donors (Lipinski definition) is 1. The number of para-hydroxylation sites is 3. The van der Waals surface area contributed by atoms with Crippen LogP contribution in [-0.2, 0) is 0 Å². The first-order valence-electron chi connectivity index (χ1n) is 32.9. The lowest BCUT2D eigenvalue weighted by atomic mass is 9.97. The van der Waals surface area contributed by atoms with Crippen LogP contribution in [0.1, 0.15) is 48.3 Å². The highest BCUT2D eigenvalue weighted by molar-refractivity contribution is 7.81. The lowest BCUT2D eigenvalue weighted by molar-refractivity contribution is 0.610. The molecule has 11 aromatic carbocycles. The molecule has 0 bridgehead atoms. The van der Waals surface area contributed by atoms with Crippen LogP contribution in [0.15, 0.2) is 337 Å². The first-order valence-corrected chi connectivity index (χ1v) is 35.5. The fourth-order valence-corrected chi connectivity index (χ4v) is 16.4. The molecule has 1 N–H and O–H groups in total. The van der Waals surface area contributed by atoms with Gasteiger partial charge in [0, 0.05) is 53.6 Å². The molecule has 3 aromatic heterocycles. The fraction of sp³-hybridized carbons (Fsp3) is 0.0482. The summed E-state index contributed by atoms with van der Waals surface area (Å²) >= 11 is 0. The Kier molecular flexibility index (Phi) is 17.3. The Balaban J connectivity index is 0.886. The minimum absolute atomic E-state index is 0.0925. The molecule has 480 valence electrons. The van der Waals surface area contributed by atoms with E-state index in [0.717, 1.165) is 66.6 Å². The van der Waals surface area contributed by atoms with Crippen molar-refractivity contribution in [3.63, 3.8) is 0 Å². The normalized spacial score (nSPS) is 14.4. The van der Waals surface area contributed by atoms with E-state index in [9.17, 15) is 0 Å². The Hall–Kier alpha value is -12.3. The van der Waals surface area contributed by atoms with Gasteiger partial charge in [-0.3, -0.25) is 4.99 Å². The van der Waals surface area contributed by atoms with Gasteiger partial charge in [-0.05, 0) is 77.5 Å². The maximum Gasteiger partial charge on any atom is 0.382 e. The van der Waals surface area contributed by atoms with Gasteiger partial charge in [0.2, 0.25) is 0 Å². The number of amidine groups is 2. The molecule has 3 atom stereocenters. The molecule has 0 fully saturated rings. The van der Waals surface area contributed by atoms with E-state index in [2.05, 4.69) is 97.4 Å². The highest BCUT2D eigenvalue weighted by Gasteiger charge is 2.64. The van der Waals surface area contributed by atoms with Gasteiger partial charge >= 0.3 is 7.79 Å². The van der Waals surface area contributed by atoms with Crippen LogP contribution in [0.5, 0.6) is 0 Å². The Labute approximate surface area is 581 Å². The summed E-state index contributed by atoms with van der Waals surface area (Å²) in [5, 5.41) is 1.49. The standard InChI is InChI=1S/C83H63N14OP2/c1-56-55-72(84-75(59-33-13-4-14-34-59)85-73(56)58-31-11-3-12-32-58)95(69-48-28-27-47-68(69)57(2)74-86-76(60-35-15-5-16-36-60)88-77(87-74)61-37-17-6-18-38-61)99-66-51-53-67(54-52-66)100(98)96(82-91-78(62-39-19-7-20-40-62)89-79(92-82)63-41-21-8-22-42-63)70-49-29-30-50-71(70)97(100)83-93-80(64-43-23-9-24-44-64)90-81(94-83)65-45-25-10-26-46-65/h3-55,57,73,98-99H,1-2H3/q+1. The molecular weight excluding hydrogens is 1270 g/mol. The second-order valence-corrected chi connectivity index (χ2v) is 27.7. The van der Waals surface area contributed by atoms with Gasteiger partial charge in [0.05, 0.1) is 11.7 Å². The van der Waals surface area contributed by atoms with Crippen LogP contribution in [0.25, 0.3) is 68.3 Å². The maximum atomic E-state index is 15.0. The van der Waals surface area contributed by atoms with E-state index in [0.29, 0.717) is 69.1 Å². The molecule has 2 aliphatic heterocycles. The Morgan fingerprint density at radius 3 is 1.15 bits per heavy atom. The summed E-state index contributed by atoms with van der Waals surface area (Å²) in [5.74, 6) is 4.85. The van der Waals surface area contributed by atoms with Crippen molar-refractivity contribution in [3.05, 3.63) is 350 Å². The predicted molar refractivity (Wildman–Crippen MR) is 406 cm³/mol. The van der Waals surface area contributed by atoms with Crippen molar-refractivity contribution in [1.29, 1.82) is 0 Å². The van der Waals surface area contributed by atoms with Crippen molar-refractivity contribution < 1.29 is 4.89 Å². The number of aromatic nitrogens is 9. The van der Waals surface area contributed by atoms with Crippen LogP contribution >= 0.6 is 16.5 Å². The largest absolute Gasteiger partial charge is 0.382 e. The van der Waals surface area contributed by atoms with Crippen LogP contribution in [0.2, 0.25) is 0 Å². The Bertz CT molecular complexity index is 5010. The zero-order chi connectivity index (χ0) is 67.4. The summed E-state index contributed by atoms with van der Waals surface area (Å²) in [6.45, 7) is 4.29. The third-order valence-electron chi connectivity index (χ3n) is 17.5. The number of nitrogens with zero attached hydrogens (tertiary/aromatic N) is 14. The van der Waals surface area contributed by atoms with Crippen LogP contribution in [0.4, 0.5) is 29.0 Å². The minimum Gasteiger partial charge on any atom is -0.303 e. The van der Waals surface area contributed by atoms with Crippen molar-refractivity contribution in [2.24, 2.45) is 9.98 Å². The van der Waals surface area contributed by atoms with E-state index in [-0.39, 0.29) is 32.6 Å². The zero-order valence-corrected chi connectivity index (χ0v) is 56.3. The summed E-state index contributed by atoms with van der Waals surface area (Å²) in [6.07, 6.45) is 2.17. The third kappa shape index (κ3) is 12.5. The van der Waals surface area contributed by atoms with Crippen molar-refractivity contribution in [1.82, 2.24) is 44.9 Å². The lowest BCUT2D eigenvalue weighted by Gasteiger charge is -2.30. The molecule has 0 amide bonds. The van der Waals surface area contributed by atoms with Gasteiger partial charge < -0.3 is 4.67 Å². The molecule has 16 rings (SSSR count). The quantitative estimate of drug-likeness (QED) is 0.0907. The molecule has 0 spiro atoms. The van der Waals surface area contributed by atoms with Crippen molar-refractivity contribution >= 4 is 67.8 Å². The summed E-state index contributed by atoms with van der Waals surface area (Å²) in [5.41, 5.74) is 10.9. The van der Waals surface area contributed by atoms with E-state index in [1.807, 2.05) is 252 Å². The number of aliphatic imine (C=N–C) groups is 2. The first-order chi connectivity index (χ1) is 49.3. The number of hydrogen-bond acceptors (Lipinski definition) is 15. The van der Waals surface area contributed by atoms with Gasteiger partial charge in [0.25, 0.3) is 11.9 Å². The number of fused-ring (bicyclic) bond motifs is 1. The number of rotatable bonds is 16. The van der Waals surface area contributed by atoms with E-state index in [1.54, 1.807) is 0 Å². The zero-order valence-electron chi connectivity index (χ0n) is 54.4. The van der Waals surface area contributed by atoms with Crippen LogP contribution in [0, 0.1) is 0 Å². The van der Waals surface area contributed by atoms with Crippen molar-refractivity contribution in [2.45, 2.75) is 25.8 Å². The average Bonchev–Trinajstić information content (AvgIpc) is 1.54. The van der Waals surface area contributed by atoms with E-state index in [1.165, 1.54) is 0 Å². The van der Waals surface area contributed by atoms with Gasteiger partial charge in [0.1, 0.15) is 23.0 Å². The molecule has 0 saturated carbocycles. The van der Waals surface area contributed by atoms with Crippen molar-refractivity contribution in [2.75, 3.05) is 14.0 Å². The summed E-state index contributed by atoms with van der Waals surface area (Å²) < 4.78 is 6.06. The van der Waals surface area contributed by atoms with E-state index >= 15 is 4.89 Å². The van der Waals surface area contributed by atoms with Gasteiger partial charge in [-0.15, -0.1) is 9.34 Å². The Morgan fingerprint density at radius 2 is 0.740 bits per heavy atom. The second kappa shape index (κ2) is 27.7. The fourth-order valence-electron chi connectivity index (χ4n) is 12.5. The number of anilines is 5. The van der Waals surface area contributed by atoms with Gasteiger partial charge in [-0.2, -0.15) is 24.8 Å². The summed E-state index contributed by atoms with van der Waals surface area (Å²) in [7, 11) is -4.21. The average molecular weight is 1330 g/mol. The van der Waals surface area contributed by atoms with Crippen LogP contribution in [0.3, 0.4) is 0 Å². The molecule has 15 nitrogen and oxygen atoms in total. The van der Waals surface area contributed by atoms with Gasteiger partial charge in [0.15, 0.2) is 46.1 Å². The summed E-state index contributed by atoms with van der Waals surface area (Å²) in [6, 6.07) is 104. The molecule has 14 aromatic rings. The molecule has 3 unspecified atom stereocenters. The maximum absolute atomic E-state index is 15.0. The molecule has 0 saturated heterocycles. The molecule has 17 heteroatoms. The molecule has 0 aliphatic carbocycles. The minimum atomic E-state index is -4.12. The lowest BCUT2D eigenvalue weighted by Crippen LogP contribution is -2.34. The first kappa shape index (κ1) is 62.5. The van der Waals surface area contributed by atoms with E-state index < -0.39 is 7.79 Å². The molecule has 2 aliphatic rings. The highest BCUT2D eigenvalue weighted by Crippen LogP contribution is 2.74. The second-order valence-electron chi connectivity index (χ2n) is 24.0. The molecular formula is C83H63N14OP2+. The molecule has 5 heterocycles. The number of benzene rings is 11. The van der Waals surface area contributed by atoms with Crippen LogP contribution < -0.4 is 24.6 Å². The van der Waals surface area contributed by atoms with Crippen LogP contribution in [-0.4, -0.2) is 61.4 Å². The highest BCUT2D eigenvalue weighted by atomic mass is 31.2. The molecule has 100 heavy (non-hydrogen) atoms.